The minimum Gasteiger partial charge on any atom is -0.493 e. The normalized spacial score (nSPS) is 11.5. The van der Waals surface area contributed by atoms with E-state index in [9.17, 15) is 4.79 Å². The summed E-state index contributed by atoms with van der Waals surface area (Å²) in [5.41, 5.74) is 8.97. The first-order chi connectivity index (χ1) is 16.5. The molecular weight excluding hydrogens is 446 g/mol. The van der Waals surface area contributed by atoms with Crippen LogP contribution in [-0.2, 0) is 24.2 Å². The third-order valence-electron chi connectivity index (χ3n) is 5.60. The van der Waals surface area contributed by atoms with Crippen molar-refractivity contribution in [3.05, 3.63) is 46.4 Å². The maximum Gasteiger partial charge on any atom is 0.225 e. The number of rotatable bonds is 11. The van der Waals surface area contributed by atoms with Crippen LogP contribution in [0.3, 0.4) is 0 Å². The molecule has 0 bridgehead atoms. The van der Waals surface area contributed by atoms with Gasteiger partial charge >= 0.3 is 0 Å². The smallest absolute Gasteiger partial charge is 0.225 e. The summed E-state index contributed by atoms with van der Waals surface area (Å²) in [6.07, 6.45) is 3.09. The van der Waals surface area contributed by atoms with E-state index in [1.807, 2.05) is 29.6 Å². The number of aromatic nitrogens is 3. The Morgan fingerprint density at radius 2 is 2.12 bits per heavy atom. The van der Waals surface area contributed by atoms with Crippen molar-refractivity contribution in [3.63, 3.8) is 0 Å². The van der Waals surface area contributed by atoms with Gasteiger partial charge in [0.25, 0.3) is 0 Å². The molecule has 0 aliphatic rings. The van der Waals surface area contributed by atoms with Gasteiger partial charge in [-0.2, -0.15) is 0 Å². The van der Waals surface area contributed by atoms with E-state index < -0.39 is 0 Å². The van der Waals surface area contributed by atoms with Crippen molar-refractivity contribution < 1.29 is 9.53 Å². The molecule has 0 atom stereocenters. The van der Waals surface area contributed by atoms with E-state index in [1.54, 1.807) is 11.3 Å². The third-order valence-corrected chi connectivity index (χ3v) is 6.48. The SMILES string of the molecule is CCCc1nc2c(N)nc3cc(OCCCNC(=O)Cc4cccs4)ccc3c2n1CC(C)C. The Morgan fingerprint density at radius 3 is 2.85 bits per heavy atom. The zero-order chi connectivity index (χ0) is 24.1. The van der Waals surface area contributed by atoms with Crippen LogP contribution in [0.4, 0.5) is 5.82 Å². The summed E-state index contributed by atoms with van der Waals surface area (Å²) in [6, 6.07) is 9.90. The largest absolute Gasteiger partial charge is 0.493 e. The minimum absolute atomic E-state index is 0.0392. The topological polar surface area (TPSA) is 95.1 Å². The van der Waals surface area contributed by atoms with Gasteiger partial charge in [-0.1, -0.05) is 26.8 Å². The molecular formula is C26H33N5O2S. The van der Waals surface area contributed by atoms with E-state index in [4.69, 9.17) is 15.5 Å². The second kappa shape index (κ2) is 10.9. The number of carbonyl (C=O) groups is 1. The highest BCUT2D eigenvalue weighted by atomic mass is 32.1. The van der Waals surface area contributed by atoms with Gasteiger partial charge in [-0.25, -0.2) is 9.97 Å². The Bertz CT molecular complexity index is 1260. The van der Waals surface area contributed by atoms with Crippen LogP contribution in [0, 0.1) is 5.92 Å². The Hall–Kier alpha value is -3.13. The van der Waals surface area contributed by atoms with Crippen molar-refractivity contribution in [1.82, 2.24) is 19.9 Å². The maximum atomic E-state index is 12.0. The van der Waals surface area contributed by atoms with Crippen LogP contribution < -0.4 is 15.8 Å². The Morgan fingerprint density at radius 1 is 1.26 bits per heavy atom. The standard InChI is InChI=1S/C26H33N5O2S/c1-4-7-22-30-24-25(31(22)16-17(2)3)20-10-9-18(14-21(20)29-26(24)27)33-12-6-11-28-23(32)15-19-8-5-13-34-19/h5,8-10,13-14,17H,4,6-7,11-12,15-16H2,1-3H3,(H2,27,29)(H,28,32). The monoisotopic (exact) mass is 479 g/mol. The van der Waals surface area contributed by atoms with Gasteiger partial charge in [-0.05, 0) is 42.3 Å². The zero-order valence-electron chi connectivity index (χ0n) is 20.1. The number of fused-ring (bicyclic) bond motifs is 3. The highest BCUT2D eigenvalue weighted by Gasteiger charge is 2.18. The molecule has 0 radical (unpaired) electrons. The number of nitrogens with zero attached hydrogens (tertiary/aromatic N) is 3. The molecule has 0 unspecified atom stereocenters. The van der Waals surface area contributed by atoms with E-state index >= 15 is 0 Å². The van der Waals surface area contributed by atoms with Gasteiger partial charge in [0.2, 0.25) is 5.91 Å². The van der Waals surface area contributed by atoms with Crippen molar-refractivity contribution in [3.8, 4) is 5.75 Å². The highest BCUT2D eigenvalue weighted by molar-refractivity contribution is 7.10. The number of nitrogens with one attached hydrogen (secondary N) is 1. The van der Waals surface area contributed by atoms with E-state index in [0.717, 1.165) is 64.2 Å². The molecule has 0 spiro atoms. The highest BCUT2D eigenvalue weighted by Crippen LogP contribution is 2.32. The van der Waals surface area contributed by atoms with E-state index in [-0.39, 0.29) is 5.91 Å². The lowest BCUT2D eigenvalue weighted by molar-refractivity contribution is -0.120. The number of thiophene rings is 1. The van der Waals surface area contributed by atoms with Gasteiger partial charge in [0.1, 0.15) is 17.1 Å². The molecule has 1 amide bonds. The van der Waals surface area contributed by atoms with Gasteiger partial charge in [0.15, 0.2) is 5.82 Å². The Kier molecular flexibility index (Phi) is 7.67. The first-order valence-electron chi connectivity index (χ1n) is 12.0. The number of aryl methyl sites for hydroxylation is 1. The number of benzene rings is 1. The number of hydrogen-bond acceptors (Lipinski definition) is 6. The van der Waals surface area contributed by atoms with Crippen molar-refractivity contribution >= 4 is 45.0 Å². The molecule has 3 heterocycles. The average Bonchev–Trinajstić information content (AvgIpc) is 3.42. The lowest BCUT2D eigenvalue weighted by Crippen LogP contribution is -2.26. The number of nitrogen functional groups attached to an aromatic ring is 1. The summed E-state index contributed by atoms with van der Waals surface area (Å²) < 4.78 is 8.25. The van der Waals surface area contributed by atoms with Gasteiger partial charge in [-0.3, -0.25) is 4.79 Å². The van der Waals surface area contributed by atoms with Crippen LogP contribution in [0.25, 0.3) is 21.9 Å². The molecule has 0 saturated carbocycles. The summed E-state index contributed by atoms with van der Waals surface area (Å²) in [5, 5.41) is 5.96. The number of pyridine rings is 1. The molecule has 0 fully saturated rings. The number of carbonyl (C=O) groups excluding carboxylic acids is 1. The lowest BCUT2D eigenvalue weighted by Gasteiger charge is -2.13. The summed E-state index contributed by atoms with van der Waals surface area (Å²) >= 11 is 1.60. The second-order valence-electron chi connectivity index (χ2n) is 8.96. The molecule has 4 aromatic rings. The molecule has 34 heavy (non-hydrogen) atoms. The van der Waals surface area contributed by atoms with Crippen LogP contribution in [0.5, 0.6) is 5.75 Å². The second-order valence-corrected chi connectivity index (χ2v) is 10.00. The number of anilines is 1. The molecule has 0 saturated heterocycles. The van der Waals surface area contributed by atoms with Crippen LogP contribution in [0.2, 0.25) is 0 Å². The van der Waals surface area contributed by atoms with Crippen molar-refractivity contribution in [2.75, 3.05) is 18.9 Å². The molecule has 4 rings (SSSR count). The predicted molar refractivity (Wildman–Crippen MR) is 139 cm³/mol. The Labute approximate surface area is 204 Å². The molecule has 0 aliphatic heterocycles. The van der Waals surface area contributed by atoms with Crippen molar-refractivity contribution in [1.29, 1.82) is 0 Å². The van der Waals surface area contributed by atoms with Gasteiger partial charge < -0.3 is 20.4 Å². The minimum atomic E-state index is 0.0392. The number of imidazole rings is 1. The fourth-order valence-electron chi connectivity index (χ4n) is 4.13. The van der Waals surface area contributed by atoms with Gasteiger partial charge in [0.05, 0.1) is 24.1 Å². The number of hydrogen-bond donors (Lipinski definition) is 2. The maximum absolute atomic E-state index is 12.0. The summed E-state index contributed by atoms with van der Waals surface area (Å²) in [5.74, 6) is 2.79. The molecule has 3 aromatic heterocycles. The quantitative estimate of drug-likeness (QED) is 0.296. The van der Waals surface area contributed by atoms with Crippen molar-refractivity contribution in [2.24, 2.45) is 5.92 Å². The Balaban J connectivity index is 1.45. The van der Waals surface area contributed by atoms with Gasteiger partial charge in [-0.15, -0.1) is 11.3 Å². The molecule has 7 nitrogen and oxygen atoms in total. The zero-order valence-corrected chi connectivity index (χ0v) is 21.0. The van der Waals surface area contributed by atoms with Crippen LogP contribution in [0.15, 0.2) is 35.7 Å². The van der Waals surface area contributed by atoms with E-state index in [0.29, 0.717) is 31.3 Å². The van der Waals surface area contributed by atoms with E-state index in [1.165, 1.54) is 0 Å². The van der Waals surface area contributed by atoms with Crippen LogP contribution in [0.1, 0.15) is 44.3 Å². The summed E-state index contributed by atoms with van der Waals surface area (Å²) in [7, 11) is 0. The number of nitrogens with two attached hydrogens (primary N) is 1. The molecule has 180 valence electrons. The average molecular weight is 480 g/mol. The van der Waals surface area contributed by atoms with Crippen LogP contribution in [-0.4, -0.2) is 33.6 Å². The predicted octanol–water partition coefficient (Wildman–Crippen LogP) is 4.96. The lowest BCUT2D eigenvalue weighted by atomic mass is 10.1. The van der Waals surface area contributed by atoms with Crippen LogP contribution >= 0.6 is 11.3 Å². The molecule has 3 N–H and O–H groups in total. The first-order valence-corrected chi connectivity index (χ1v) is 12.8. The molecule has 8 heteroatoms. The fraction of sp³-hybridized carbons (Fsp3) is 0.423. The third kappa shape index (κ3) is 5.50. The van der Waals surface area contributed by atoms with Gasteiger partial charge in [0, 0.05) is 35.8 Å². The van der Waals surface area contributed by atoms with E-state index in [2.05, 4.69) is 41.7 Å². The number of ether oxygens (including phenoxy) is 1. The molecule has 1 aromatic carbocycles. The summed E-state index contributed by atoms with van der Waals surface area (Å²) in [6.45, 7) is 8.57. The number of amides is 1. The molecule has 0 aliphatic carbocycles. The summed E-state index contributed by atoms with van der Waals surface area (Å²) in [4.78, 5) is 22.5. The first kappa shape index (κ1) is 24.0. The fourth-order valence-corrected chi connectivity index (χ4v) is 4.83. The van der Waals surface area contributed by atoms with Crippen molar-refractivity contribution in [2.45, 2.75) is 53.0 Å².